The zero-order valence-corrected chi connectivity index (χ0v) is 21.4. The Kier molecular flexibility index (Phi) is 7.47. The highest BCUT2D eigenvalue weighted by molar-refractivity contribution is 5.90. The summed E-state index contributed by atoms with van der Waals surface area (Å²) in [5, 5.41) is 4.66. The molecular weight excluding hydrogens is 479 g/mol. The van der Waals surface area contributed by atoms with Gasteiger partial charge in [0.15, 0.2) is 0 Å². The minimum Gasteiger partial charge on any atom is -0.462 e. The molecule has 1 aliphatic heterocycles. The van der Waals surface area contributed by atoms with E-state index < -0.39 is 17.4 Å². The summed E-state index contributed by atoms with van der Waals surface area (Å²) in [7, 11) is 0. The van der Waals surface area contributed by atoms with Crippen molar-refractivity contribution in [1.29, 1.82) is 0 Å². The van der Waals surface area contributed by atoms with E-state index >= 15 is 0 Å². The molecule has 1 aromatic carbocycles. The number of benzene rings is 1. The lowest BCUT2D eigenvalue weighted by Crippen LogP contribution is -2.50. The maximum Gasteiger partial charge on any atom is 0.410 e. The van der Waals surface area contributed by atoms with Gasteiger partial charge in [-0.1, -0.05) is 24.3 Å². The van der Waals surface area contributed by atoms with Crippen molar-refractivity contribution in [2.45, 2.75) is 52.3 Å². The van der Waals surface area contributed by atoms with E-state index in [9.17, 15) is 18.8 Å². The Morgan fingerprint density at radius 1 is 1.03 bits per heavy atom. The molecule has 1 aliphatic rings. The van der Waals surface area contributed by atoms with Crippen molar-refractivity contribution in [2.24, 2.45) is 0 Å². The van der Waals surface area contributed by atoms with Crippen molar-refractivity contribution >= 4 is 12.1 Å². The average molecular weight is 511 g/mol. The molecule has 1 fully saturated rings. The van der Waals surface area contributed by atoms with Crippen LogP contribution in [-0.4, -0.2) is 56.6 Å². The molecule has 1 amide bonds. The van der Waals surface area contributed by atoms with Crippen molar-refractivity contribution in [3.8, 4) is 0 Å². The lowest BCUT2D eigenvalue weighted by molar-refractivity contribution is 0.00775. The van der Waals surface area contributed by atoms with Crippen molar-refractivity contribution < 1.29 is 23.5 Å². The summed E-state index contributed by atoms with van der Waals surface area (Å²) in [6.07, 6.45) is 2.47. The van der Waals surface area contributed by atoms with Gasteiger partial charge in [-0.2, -0.15) is 5.10 Å². The third-order valence-corrected chi connectivity index (χ3v) is 5.87. The molecule has 37 heavy (non-hydrogen) atoms. The van der Waals surface area contributed by atoms with E-state index in [1.807, 2.05) is 45.0 Å². The number of nitrogens with zero attached hydrogens (tertiary/aromatic N) is 4. The van der Waals surface area contributed by atoms with Gasteiger partial charge in [0.05, 0.1) is 25.4 Å². The first kappa shape index (κ1) is 26.1. The Labute approximate surface area is 214 Å². The Morgan fingerprint density at radius 3 is 2.30 bits per heavy atom. The van der Waals surface area contributed by atoms with Gasteiger partial charge >= 0.3 is 12.1 Å². The fourth-order valence-electron chi connectivity index (χ4n) is 4.07. The van der Waals surface area contributed by atoms with E-state index in [-0.39, 0.29) is 30.7 Å². The molecule has 9 nitrogen and oxygen atoms in total. The molecule has 3 aromatic rings. The average Bonchev–Trinajstić information content (AvgIpc) is 3.19. The first-order chi connectivity index (χ1) is 17.5. The van der Waals surface area contributed by atoms with Crippen LogP contribution in [0.4, 0.5) is 9.18 Å². The van der Waals surface area contributed by atoms with Crippen LogP contribution in [0.5, 0.6) is 0 Å². The van der Waals surface area contributed by atoms with Crippen LogP contribution in [0, 0.1) is 5.82 Å². The Hall–Kier alpha value is -3.95. The van der Waals surface area contributed by atoms with Gasteiger partial charge in [0.2, 0.25) is 0 Å². The third-order valence-electron chi connectivity index (χ3n) is 5.87. The Morgan fingerprint density at radius 2 is 1.68 bits per heavy atom. The van der Waals surface area contributed by atoms with Crippen molar-refractivity contribution in [1.82, 2.24) is 19.2 Å². The van der Waals surface area contributed by atoms with Crippen LogP contribution < -0.4 is 5.56 Å². The molecule has 0 bridgehead atoms. The first-order valence-electron chi connectivity index (χ1n) is 12.2. The van der Waals surface area contributed by atoms with E-state index in [1.165, 1.54) is 16.8 Å². The number of likely N-dealkylation sites (tertiary alicyclic amines) is 1. The van der Waals surface area contributed by atoms with Gasteiger partial charge in [0.25, 0.3) is 5.56 Å². The minimum atomic E-state index is -0.581. The fraction of sp³-hybridized carbons (Fsp3) is 0.407. The standard InChI is InChI=1S/C27H31FN4O5/c1-5-36-25(34)22-17-32(29-24(22)20-14-31(15-20)26(35)37-27(2,3)4)13-19-8-6-18(7-9-19)12-30-16-21(28)10-11-23(30)33/h6-11,16-17,20H,5,12-15H2,1-4H3. The third kappa shape index (κ3) is 6.44. The number of carbonyl (C=O) groups is 2. The van der Waals surface area contributed by atoms with Crippen molar-refractivity contribution in [3.63, 3.8) is 0 Å². The highest BCUT2D eigenvalue weighted by atomic mass is 19.1. The molecule has 0 radical (unpaired) electrons. The van der Waals surface area contributed by atoms with Gasteiger partial charge in [-0.05, 0) is 44.9 Å². The topological polar surface area (TPSA) is 95.7 Å². The van der Waals surface area contributed by atoms with Gasteiger partial charge in [-0.25, -0.2) is 14.0 Å². The summed E-state index contributed by atoms with van der Waals surface area (Å²) in [4.78, 5) is 38.5. The zero-order valence-electron chi connectivity index (χ0n) is 21.4. The zero-order chi connectivity index (χ0) is 26.7. The number of aromatic nitrogens is 3. The number of carbonyl (C=O) groups excluding carboxylic acids is 2. The van der Waals surface area contributed by atoms with Crippen LogP contribution in [0.1, 0.15) is 60.8 Å². The summed E-state index contributed by atoms with van der Waals surface area (Å²) in [5.41, 5.74) is 1.91. The van der Waals surface area contributed by atoms with E-state index in [0.29, 0.717) is 30.9 Å². The molecule has 3 heterocycles. The van der Waals surface area contributed by atoms with Crippen molar-refractivity contribution in [2.75, 3.05) is 19.7 Å². The van der Waals surface area contributed by atoms with Crippen LogP contribution in [0.3, 0.4) is 0 Å². The smallest absolute Gasteiger partial charge is 0.410 e. The second kappa shape index (κ2) is 10.6. The van der Waals surface area contributed by atoms with E-state index in [4.69, 9.17) is 9.47 Å². The van der Waals surface area contributed by atoms with Gasteiger partial charge in [0.1, 0.15) is 17.0 Å². The molecule has 10 heteroatoms. The van der Waals surface area contributed by atoms with Gasteiger partial charge < -0.3 is 18.9 Å². The number of pyridine rings is 1. The largest absolute Gasteiger partial charge is 0.462 e. The number of hydrogen-bond donors (Lipinski definition) is 0. The SMILES string of the molecule is CCOC(=O)c1cn(Cc2ccc(Cn3cc(F)ccc3=O)cc2)nc1C1CN(C(=O)OC(C)(C)C)C1. The number of esters is 1. The molecule has 0 aliphatic carbocycles. The van der Waals surface area contributed by atoms with Gasteiger partial charge in [0, 0.05) is 37.5 Å². The Bertz CT molecular complexity index is 1330. The van der Waals surface area contributed by atoms with Crippen LogP contribution in [0.2, 0.25) is 0 Å². The van der Waals surface area contributed by atoms with Crippen LogP contribution in [0.15, 0.2) is 53.6 Å². The molecule has 0 atom stereocenters. The van der Waals surface area contributed by atoms with Crippen LogP contribution in [-0.2, 0) is 22.6 Å². The number of amides is 1. The predicted octanol–water partition coefficient (Wildman–Crippen LogP) is 3.79. The second-order valence-corrected chi connectivity index (χ2v) is 10.1. The van der Waals surface area contributed by atoms with E-state index in [0.717, 1.165) is 17.2 Å². The fourth-order valence-corrected chi connectivity index (χ4v) is 4.07. The minimum absolute atomic E-state index is 0.0971. The summed E-state index contributed by atoms with van der Waals surface area (Å²) >= 11 is 0. The molecule has 2 aromatic heterocycles. The molecule has 196 valence electrons. The molecule has 0 saturated carbocycles. The maximum absolute atomic E-state index is 13.5. The molecule has 1 saturated heterocycles. The first-order valence-corrected chi connectivity index (χ1v) is 12.2. The predicted molar refractivity (Wildman–Crippen MR) is 134 cm³/mol. The molecule has 4 rings (SSSR count). The van der Waals surface area contributed by atoms with Crippen LogP contribution in [0.25, 0.3) is 0 Å². The van der Waals surface area contributed by atoms with E-state index in [2.05, 4.69) is 5.10 Å². The van der Waals surface area contributed by atoms with Crippen LogP contribution >= 0.6 is 0 Å². The second-order valence-electron chi connectivity index (χ2n) is 10.1. The molecule has 0 spiro atoms. The lowest BCUT2D eigenvalue weighted by Gasteiger charge is -2.39. The maximum atomic E-state index is 13.5. The monoisotopic (exact) mass is 510 g/mol. The summed E-state index contributed by atoms with van der Waals surface area (Å²) in [6, 6.07) is 9.89. The Balaban J connectivity index is 1.46. The summed E-state index contributed by atoms with van der Waals surface area (Å²) < 4.78 is 27.1. The van der Waals surface area contributed by atoms with Gasteiger partial charge in [-0.15, -0.1) is 0 Å². The highest BCUT2D eigenvalue weighted by Crippen LogP contribution is 2.30. The number of hydrogen-bond acceptors (Lipinski definition) is 6. The highest BCUT2D eigenvalue weighted by Gasteiger charge is 2.38. The molecular formula is C27H31FN4O5. The summed E-state index contributed by atoms with van der Waals surface area (Å²) in [5.74, 6) is -1.01. The molecule has 0 unspecified atom stereocenters. The lowest BCUT2D eigenvalue weighted by atomic mass is 9.94. The quantitative estimate of drug-likeness (QED) is 0.449. The number of ether oxygens (including phenoxy) is 2. The summed E-state index contributed by atoms with van der Waals surface area (Å²) in [6.45, 7) is 8.92. The number of rotatable bonds is 7. The van der Waals surface area contributed by atoms with Crippen molar-refractivity contribution in [3.05, 3.63) is 87.3 Å². The number of halogens is 1. The van der Waals surface area contributed by atoms with E-state index in [1.54, 1.807) is 22.7 Å². The molecule has 0 N–H and O–H groups in total. The van der Waals surface area contributed by atoms with Gasteiger partial charge in [-0.3, -0.25) is 9.48 Å². The normalized spacial score (nSPS) is 13.8.